The Bertz CT molecular complexity index is 511. The normalized spacial score (nSPS) is 11.8. The van der Waals surface area contributed by atoms with Crippen molar-refractivity contribution >= 4 is 46.8 Å². The molecule has 4 nitrogen and oxygen atoms in total. The maximum atomic E-state index is 12.2. The van der Waals surface area contributed by atoms with Gasteiger partial charge in [0.25, 0.3) is 5.91 Å². The number of halogens is 2. The highest BCUT2D eigenvalue weighted by molar-refractivity contribution is 7.99. The van der Waals surface area contributed by atoms with Crippen LogP contribution in [0.5, 0.6) is 0 Å². The zero-order valence-electron chi connectivity index (χ0n) is 11.8. The maximum absolute atomic E-state index is 12.2. The molecule has 7 heteroatoms. The summed E-state index contributed by atoms with van der Waals surface area (Å²) >= 11 is 13.5. The van der Waals surface area contributed by atoms with Gasteiger partial charge in [0, 0.05) is 5.02 Å². The Morgan fingerprint density at radius 3 is 2.67 bits per heavy atom. The summed E-state index contributed by atoms with van der Waals surface area (Å²) in [6.45, 7) is 2.03. The molecular weight excluding hydrogens is 333 g/mol. The first-order chi connectivity index (χ1) is 9.99. The van der Waals surface area contributed by atoms with Gasteiger partial charge in [0.2, 0.25) is 0 Å². The van der Waals surface area contributed by atoms with Gasteiger partial charge in [0.05, 0.1) is 17.7 Å². The van der Waals surface area contributed by atoms with E-state index in [1.165, 1.54) is 19.2 Å². The smallest absolute Gasteiger partial charge is 0.328 e. The summed E-state index contributed by atoms with van der Waals surface area (Å²) in [4.78, 5) is 23.9. The van der Waals surface area contributed by atoms with Gasteiger partial charge in [-0.3, -0.25) is 4.79 Å². The molecule has 0 saturated carbocycles. The Hall–Kier alpha value is -0.910. The molecule has 0 unspecified atom stereocenters. The second kappa shape index (κ2) is 9.18. The number of amides is 1. The van der Waals surface area contributed by atoms with Gasteiger partial charge in [0.15, 0.2) is 0 Å². The Morgan fingerprint density at radius 1 is 1.38 bits per heavy atom. The molecule has 0 heterocycles. The molecule has 1 aromatic rings. The molecule has 0 aliphatic heterocycles. The van der Waals surface area contributed by atoms with Crippen LogP contribution in [0.25, 0.3) is 0 Å². The molecule has 1 amide bonds. The molecule has 0 bridgehead atoms. The third-order valence-corrected chi connectivity index (χ3v) is 4.20. The molecule has 0 saturated heterocycles. The van der Waals surface area contributed by atoms with Crippen LogP contribution >= 0.6 is 35.0 Å². The average Bonchev–Trinajstić information content (AvgIpc) is 2.45. The summed E-state index contributed by atoms with van der Waals surface area (Å²) in [5.74, 6) is 0.814. The number of esters is 1. The van der Waals surface area contributed by atoms with E-state index >= 15 is 0 Å². The van der Waals surface area contributed by atoms with Crippen LogP contribution in [0.3, 0.4) is 0 Å². The van der Waals surface area contributed by atoms with Crippen LogP contribution in [0, 0.1) is 0 Å². The van der Waals surface area contributed by atoms with Crippen molar-refractivity contribution in [2.45, 2.75) is 19.4 Å². The summed E-state index contributed by atoms with van der Waals surface area (Å²) < 4.78 is 4.71. The van der Waals surface area contributed by atoms with Gasteiger partial charge in [-0.2, -0.15) is 11.8 Å². The van der Waals surface area contributed by atoms with Gasteiger partial charge in [-0.25, -0.2) is 4.79 Å². The van der Waals surface area contributed by atoms with Crippen LogP contribution in [0.1, 0.15) is 23.7 Å². The first-order valence-corrected chi connectivity index (χ1v) is 8.32. The van der Waals surface area contributed by atoms with Gasteiger partial charge in [-0.15, -0.1) is 0 Å². The summed E-state index contributed by atoms with van der Waals surface area (Å²) in [7, 11) is 1.30. The number of nitrogens with one attached hydrogen (secondary N) is 1. The predicted molar refractivity (Wildman–Crippen MR) is 87.3 cm³/mol. The number of methoxy groups -OCH3 is 1. The van der Waals surface area contributed by atoms with E-state index in [2.05, 4.69) is 5.32 Å². The zero-order chi connectivity index (χ0) is 15.8. The molecule has 1 atom stereocenters. The SMILES string of the molecule is CCSCC[C@H](NC(=O)c1ccc(Cl)cc1Cl)C(=O)OC. The van der Waals surface area contributed by atoms with Crippen LogP contribution in [0.4, 0.5) is 0 Å². The van der Waals surface area contributed by atoms with Crippen molar-refractivity contribution in [3.63, 3.8) is 0 Å². The lowest BCUT2D eigenvalue weighted by Crippen LogP contribution is -2.42. The molecular formula is C14H17Cl2NO3S. The summed E-state index contributed by atoms with van der Waals surface area (Å²) in [5.41, 5.74) is 0.276. The molecule has 1 N–H and O–H groups in total. The molecule has 21 heavy (non-hydrogen) atoms. The van der Waals surface area contributed by atoms with E-state index in [-0.39, 0.29) is 10.6 Å². The van der Waals surface area contributed by atoms with Crippen molar-refractivity contribution in [3.05, 3.63) is 33.8 Å². The second-order valence-corrected chi connectivity index (χ2v) is 6.40. The number of thioether (sulfide) groups is 1. The van der Waals surface area contributed by atoms with E-state index < -0.39 is 17.9 Å². The zero-order valence-corrected chi connectivity index (χ0v) is 14.1. The van der Waals surface area contributed by atoms with Crippen molar-refractivity contribution in [1.29, 1.82) is 0 Å². The summed E-state index contributed by atoms with van der Waals surface area (Å²) in [6, 6.07) is 3.89. The van der Waals surface area contributed by atoms with Crippen molar-refractivity contribution in [2.24, 2.45) is 0 Å². The third-order valence-electron chi connectivity index (χ3n) is 2.72. The van der Waals surface area contributed by atoms with Gasteiger partial charge in [0.1, 0.15) is 6.04 Å². The lowest BCUT2D eigenvalue weighted by molar-refractivity contribution is -0.142. The Balaban J connectivity index is 2.77. The molecule has 116 valence electrons. The van der Waals surface area contributed by atoms with Crippen molar-refractivity contribution in [2.75, 3.05) is 18.6 Å². The summed E-state index contributed by atoms with van der Waals surface area (Å²) in [5, 5.41) is 3.34. The Labute approximate surface area is 138 Å². The lowest BCUT2D eigenvalue weighted by Gasteiger charge is -2.16. The second-order valence-electron chi connectivity index (χ2n) is 4.16. The number of hydrogen-bond acceptors (Lipinski definition) is 4. The number of rotatable bonds is 7. The molecule has 1 aromatic carbocycles. The number of carbonyl (C=O) groups is 2. The molecule has 0 aliphatic carbocycles. The minimum Gasteiger partial charge on any atom is -0.467 e. The highest BCUT2D eigenvalue weighted by atomic mass is 35.5. The van der Waals surface area contributed by atoms with Crippen LogP contribution in [-0.4, -0.2) is 36.5 Å². The predicted octanol–water partition coefficient (Wildman–Crippen LogP) is 3.41. The fraction of sp³-hybridized carbons (Fsp3) is 0.429. The Kier molecular flexibility index (Phi) is 7.93. The Morgan fingerprint density at radius 2 is 2.10 bits per heavy atom. The number of benzene rings is 1. The van der Waals surface area contributed by atoms with Gasteiger partial charge in [-0.1, -0.05) is 30.1 Å². The van der Waals surface area contributed by atoms with E-state index in [4.69, 9.17) is 27.9 Å². The van der Waals surface area contributed by atoms with Crippen LogP contribution in [0.15, 0.2) is 18.2 Å². The van der Waals surface area contributed by atoms with E-state index in [1.807, 2.05) is 6.92 Å². The van der Waals surface area contributed by atoms with E-state index in [9.17, 15) is 9.59 Å². The fourth-order valence-electron chi connectivity index (χ4n) is 1.65. The van der Waals surface area contributed by atoms with Crippen LogP contribution in [0.2, 0.25) is 10.0 Å². The minimum absolute atomic E-state index is 0.242. The molecule has 0 fully saturated rings. The van der Waals surface area contributed by atoms with Gasteiger partial charge < -0.3 is 10.1 Å². The standard InChI is InChI=1S/C14H17Cl2NO3S/c1-3-21-7-6-12(14(19)20-2)17-13(18)10-5-4-9(15)8-11(10)16/h4-5,8,12H,3,6-7H2,1-2H3,(H,17,18)/t12-/m0/s1. The van der Waals surface area contributed by atoms with E-state index in [0.717, 1.165) is 11.5 Å². The fourth-order valence-corrected chi connectivity index (χ4v) is 2.83. The monoisotopic (exact) mass is 349 g/mol. The highest BCUT2D eigenvalue weighted by Crippen LogP contribution is 2.21. The molecule has 0 aliphatic rings. The van der Waals surface area contributed by atoms with Crippen LogP contribution < -0.4 is 5.32 Å². The van der Waals surface area contributed by atoms with Gasteiger partial charge >= 0.3 is 5.97 Å². The average molecular weight is 350 g/mol. The summed E-state index contributed by atoms with van der Waals surface area (Å²) in [6.07, 6.45) is 0.502. The van der Waals surface area contributed by atoms with Gasteiger partial charge in [-0.05, 0) is 36.1 Å². The van der Waals surface area contributed by atoms with E-state index in [1.54, 1.807) is 17.8 Å². The quantitative estimate of drug-likeness (QED) is 0.605. The number of carbonyl (C=O) groups excluding carboxylic acids is 2. The van der Waals surface area contributed by atoms with Crippen molar-refractivity contribution < 1.29 is 14.3 Å². The van der Waals surface area contributed by atoms with Crippen LogP contribution in [-0.2, 0) is 9.53 Å². The number of hydrogen-bond donors (Lipinski definition) is 1. The number of ether oxygens (including phenoxy) is 1. The molecule has 0 spiro atoms. The minimum atomic E-state index is -0.687. The highest BCUT2D eigenvalue weighted by Gasteiger charge is 2.22. The first-order valence-electron chi connectivity index (χ1n) is 6.41. The van der Waals surface area contributed by atoms with E-state index in [0.29, 0.717) is 11.4 Å². The largest absolute Gasteiger partial charge is 0.467 e. The lowest BCUT2D eigenvalue weighted by atomic mass is 10.1. The molecule has 0 radical (unpaired) electrons. The topological polar surface area (TPSA) is 55.4 Å². The first kappa shape index (κ1) is 18.1. The third kappa shape index (κ3) is 5.77. The molecule has 1 rings (SSSR count). The molecule has 0 aromatic heterocycles. The maximum Gasteiger partial charge on any atom is 0.328 e. The van der Waals surface area contributed by atoms with Crippen molar-refractivity contribution in [3.8, 4) is 0 Å². The van der Waals surface area contributed by atoms with Crippen molar-refractivity contribution in [1.82, 2.24) is 5.32 Å².